The monoisotopic (exact) mass is 298 g/mol. The van der Waals surface area contributed by atoms with E-state index in [0.717, 1.165) is 35.3 Å². The van der Waals surface area contributed by atoms with Gasteiger partial charge in [0, 0.05) is 5.39 Å². The molecule has 0 aliphatic heterocycles. The quantitative estimate of drug-likeness (QED) is 0.697. The molecule has 0 fully saturated rings. The summed E-state index contributed by atoms with van der Waals surface area (Å²) in [6.07, 6.45) is 0. The van der Waals surface area contributed by atoms with Gasteiger partial charge in [0.1, 0.15) is 22.7 Å². The molecule has 1 aromatic heterocycles. The molecule has 21 heavy (non-hydrogen) atoms. The third kappa shape index (κ3) is 2.71. The van der Waals surface area contributed by atoms with Gasteiger partial charge in [-0.1, -0.05) is 30.0 Å². The SMILES string of the molecule is N#Cc1cc2ccccc2nc1Sc1cc(F)ccc1F. The number of benzene rings is 2. The summed E-state index contributed by atoms with van der Waals surface area (Å²) in [5, 5.41) is 10.4. The number of hydrogen-bond acceptors (Lipinski definition) is 3. The lowest BCUT2D eigenvalue weighted by Crippen LogP contribution is -1.91. The van der Waals surface area contributed by atoms with E-state index in [1.807, 2.05) is 30.3 Å². The lowest BCUT2D eigenvalue weighted by atomic mass is 10.2. The number of para-hydroxylation sites is 1. The minimum atomic E-state index is -0.541. The molecule has 0 saturated carbocycles. The highest BCUT2D eigenvalue weighted by Gasteiger charge is 2.12. The van der Waals surface area contributed by atoms with Crippen molar-refractivity contribution in [2.45, 2.75) is 9.92 Å². The Bertz CT molecular complexity index is 872. The lowest BCUT2D eigenvalue weighted by Gasteiger charge is -2.06. The summed E-state index contributed by atoms with van der Waals surface area (Å²) in [6, 6.07) is 14.3. The van der Waals surface area contributed by atoms with Crippen molar-refractivity contribution in [3.63, 3.8) is 0 Å². The molecule has 0 atom stereocenters. The molecular weight excluding hydrogens is 290 g/mol. The Morgan fingerprint density at radius 3 is 2.67 bits per heavy atom. The second kappa shape index (κ2) is 5.51. The first-order chi connectivity index (χ1) is 10.2. The number of nitriles is 1. The van der Waals surface area contributed by atoms with Crippen LogP contribution in [-0.2, 0) is 0 Å². The minimum Gasteiger partial charge on any atom is -0.240 e. The second-order valence-electron chi connectivity index (χ2n) is 4.32. The van der Waals surface area contributed by atoms with Crippen molar-refractivity contribution in [1.82, 2.24) is 4.98 Å². The van der Waals surface area contributed by atoms with E-state index in [9.17, 15) is 14.0 Å². The summed E-state index contributed by atoms with van der Waals surface area (Å²) < 4.78 is 26.9. The Morgan fingerprint density at radius 1 is 1.05 bits per heavy atom. The molecule has 0 aliphatic rings. The van der Waals surface area contributed by atoms with E-state index in [4.69, 9.17) is 0 Å². The maximum Gasteiger partial charge on any atom is 0.137 e. The topological polar surface area (TPSA) is 36.7 Å². The molecule has 5 heteroatoms. The molecule has 2 nitrogen and oxygen atoms in total. The van der Waals surface area contributed by atoms with Crippen LogP contribution in [0.1, 0.15) is 5.56 Å². The molecule has 2 aromatic carbocycles. The van der Waals surface area contributed by atoms with Crippen molar-refractivity contribution in [3.8, 4) is 6.07 Å². The molecule has 3 rings (SSSR count). The van der Waals surface area contributed by atoms with Gasteiger partial charge in [0.15, 0.2) is 0 Å². The van der Waals surface area contributed by atoms with Crippen LogP contribution in [0, 0.1) is 23.0 Å². The van der Waals surface area contributed by atoms with Crippen LogP contribution in [-0.4, -0.2) is 4.98 Å². The first kappa shape index (κ1) is 13.5. The van der Waals surface area contributed by atoms with Crippen molar-refractivity contribution in [3.05, 3.63) is 65.7 Å². The van der Waals surface area contributed by atoms with Crippen LogP contribution in [0.25, 0.3) is 10.9 Å². The van der Waals surface area contributed by atoms with Crippen LogP contribution < -0.4 is 0 Å². The van der Waals surface area contributed by atoms with Gasteiger partial charge < -0.3 is 0 Å². The average Bonchev–Trinajstić information content (AvgIpc) is 2.50. The fourth-order valence-electron chi connectivity index (χ4n) is 1.92. The van der Waals surface area contributed by atoms with Gasteiger partial charge in [0.25, 0.3) is 0 Å². The van der Waals surface area contributed by atoms with Crippen LogP contribution in [0.4, 0.5) is 8.78 Å². The highest BCUT2D eigenvalue weighted by Crippen LogP contribution is 2.32. The molecule has 0 saturated heterocycles. The standard InChI is InChI=1S/C16H8F2N2S/c17-12-5-6-13(18)15(8-12)21-16-11(9-19)7-10-3-1-2-4-14(10)20-16/h1-8H. The molecule has 0 radical (unpaired) electrons. The summed E-state index contributed by atoms with van der Waals surface area (Å²) in [4.78, 5) is 4.47. The highest BCUT2D eigenvalue weighted by molar-refractivity contribution is 7.99. The van der Waals surface area contributed by atoms with Crippen LogP contribution in [0.3, 0.4) is 0 Å². The summed E-state index contributed by atoms with van der Waals surface area (Å²) in [6.45, 7) is 0. The van der Waals surface area contributed by atoms with Gasteiger partial charge in [-0.2, -0.15) is 5.26 Å². The van der Waals surface area contributed by atoms with Gasteiger partial charge in [-0.15, -0.1) is 0 Å². The molecule has 102 valence electrons. The van der Waals surface area contributed by atoms with Gasteiger partial charge in [0.2, 0.25) is 0 Å². The van der Waals surface area contributed by atoms with Crippen LogP contribution >= 0.6 is 11.8 Å². The summed E-state index contributed by atoms with van der Waals surface area (Å²) in [5.74, 6) is -1.07. The molecule has 0 spiro atoms. The average molecular weight is 298 g/mol. The fraction of sp³-hybridized carbons (Fsp3) is 0. The normalized spacial score (nSPS) is 10.5. The molecule has 3 aromatic rings. The van der Waals surface area contributed by atoms with E-state index in [0.29, 0.717) is 16.1 Å². The number of nitrogens with zero attached hydrogens (tertiary/aromatic N) is 2. The zero-order valence-electron chi connectivity index (χ0n) is 10.7. The molecule has 0 unspecified atom stereocenters. The maximum absolute atomic E-state index is 13.7. The molecular formula is C16H8F2N2S. The van der Waals surface area contributed by atoms with Gasteiger partial charge >= 0.3 is 0 Å². The minimum absolute atomic E-state index is 0.106. The first-order valence-electron chi connectivity index (χ1n) is 6.10. The smallest absolute Gasteiger partial charge is 0.137 e. The van der Waals surface area contributed by atoms with E-state index in [1.165, 1.54) is 0 Å². The van der Waals surface area contributed by atoms with E-state index < -0.39 is 11.6 Å². The number of aromatic nitrogens is 1. The number of hydrogen-bond donors (Lipinski definition) is 0. The first-order valence-corrected chi connectivity index (χ1v) is 6.92. The van der Waals surface area contributed by atoms with E-state index in [1.54, 1.807) is 6.07 Å². The van der Waals surface area contributed by atoms with Gasteiger partial charge in [-0.3, -0.25) is 0 Å². The van der Waals surface area contributed by atoms with Crippen LogP contribution in [0.5, 0.6) is 0 Å². The number of fused-ring (bicyclic) bond motifs is 1. The fourth-order valence-corrected chi connectivity index (χ4v) is 2.82. The third-order valence-electron chi connectivity index (χ3n) is 2.91. The Labute approximate surface area is 124 Å². The van der Waals surface area contributed by atoms with E-state index in [2.05, 4.69) is 4.98 Å². The zero-order valence-corrected chi connectivity index (χ0v) is 11.5. The predicted molar refractivity (Wildman–Crippen MR) is 76.9 cm³/mol. The molecule has 1 heterocycles. The second-order valence-corrected chi connectivity index (χ2v) is 5.35. The van der Waals surface area contributed by atoms with Crippen molar-refractivity contribution < 1.29 is 8.78 Å². The number of rotatable bonds is 2. The van der Waals surface area contributed by atoms with Gasteiger partial charge in [0.05, 0.1) is 16.0 Å². The van der Waals surface area contributed by atoms with Crippen molar-refractivity contribution in [2.75, 3.05) is 0 Å². The molecule has 0 N–H and O–H groups in total. The Kier molecular flexibility index (Phi) is 3.55. The zero-order chi connectivity index (χ0) is 14.8. The van der Waals surface area contributed by atoms with Crippen molar-refractivity contribution in [2.24, 2.45) is 0 Å². The van der Waals surface area contributed by atoms with E-state index in [-0.39, 0.29) is 4.90 Å². The van der Waals surface area contributed by atoms with Crippen molar-refractivity contribution in [1.29, 1.82) is 5.26 Å². The van der Waals surface area contributed by atoms with Crippen molar-refractivity contribution >= 4 is 22.7 Å². The predicted octanol–water partition coefficient (Wildman–Crippen LogP) is 4.54. The lowest BCUT2D eigenvalue weighted by molar-refractivity contribution is 0.577. The third-order valence-corrected chi connectivity index (χ3v) is 3.95. The highest BCUT2D eigenvalue weighted by atomic mass is 32.2. The number of halogens is 2. The van der Waals surface area contributed by atoms with Crippen LogP contribution in [0.15, 0.2) is 58.5 Å². The molecule has 0 bridgehead atoms. The summed E-state index contributed by atoms with van der Waals surface area (Å²) in [7, 11) is 0. The molecule has 0 aliphatic carbocycles. The Hall–Kier alpha value is -2.45. The number of pyridine rings is 1. The summed E-state index contributed by atoms with van der Waals surface area (Å²) in [5.41, 5.74) is 1.04. The molecule has 0 amide bonds. The Morgan fingerprint density at radius 2 is 1.86 bits per heavy atom. The Balaban J connectivity index is 2.11. The summed E-state index contributed by atoms with van der Waals surface area (Å²) >= 11 is 0.946. The van der Waals surface area contributed by atoms with Crippen LogP contribution in [0.2, 0.25) is 0 Å². The van der Waals surface area contributed by atoms with Gasteiger partial charge in [-0.25, -0.2) is 13.8 Å². The van der Waals surface area contributed by atoms with E-state index >= 15 is 0 Å². The maximum atomic E-state index is 13.7. The largest absolute Gasteiger partial charge is 0.240 e. The van der Waals surface area contributed by atoms with Gasteiger partial charge in [-0.05, 0) is 30.3 Å².